The summed E-state index contributed by atoms with van der Waals surface area (Å²) in [5.74, 6) is -0.889. The van der Waals surface area contributed by atoms with E-state index >= 15 is 0 Å². The fourth-order valence-corrected chi connectivity index (χ4v) is 2.52. The van der Waals surface area contributed by atoms with Crippen molar-refractivity contribution in [3.05, 3.63) is 51.2 Å². The number of hydrogen-bond donors (Lipinski definition) is 1. The molecule has 0 radical (unpaired) electrons. The number of aryl methyl sites for hydroxylation is 1. The molecule has 0 amide bonds. The quantitative estimate of drug-likeness (QED) is 0.867. The summed E-state index contributed by atoms with van der Waals surface area (Å²) in [5, 5.41) is 2.92. The van der Waals surface area contributed by atoms with E-state index < -0.39 is 17.6 Å². The molecule has 0 saturated carbocycles. The maximum absolute atomic E-state index is 12.9. The van der Waals surface area contributed by atoms with Gasteiger partial charge in [-0.15, -0.1) is 11.3 Å². The Morgan fingerprint density at radius 2 is 2.00 bits per heavy atom. The predicted octanol–water partition coefficient (Wildman–Crippen LogP) is 3.90. The molecule has 1 heterocycles. The summed E-state index contributed by atoms with van der Waals surface area (Å²) >= 11 is 1.44. The third-order valence-corrected chi connectivity index (χ3v) is 3.76. The Morgan fingerprint density at radius 3 is 2.60 bits per heavy atom. The summed E-state index contributed by atoms with van der Waals surface area (Å²) in [6, 6.07) is 2.71. The summed E-state index contributed by atoms with van der Waals surface area (Å²) in [5.41, 5.74) is 1.63. The summed E-state index contributed by atoms with van der Waals surface area (Å²) in [7, 11) is 0. The molecular formula is C13H12F4N2S. The molecule has 0 fully saturated rings. The van der Waals surface area contributed by atoms with Gasteiger partial charge in [-0.05, 0) is 24.6 Å². The SMILES string of the molecule is Cc1ncsc1CNCc1ccc(F)cc1C(F)(F)F. The van der Waals surface area contributed by atoms with Gasteiger partial charge in [0.1, 0.15) is 5.82 Å². The zero-order valence-corrected chi connectivity index (χ0v) is 11.4. The number of thiazole rings is 1. The summed E-state index contributed by atoms with van der Waals surface area (Å²) in [6.07, 6.45) is -4.56. The Hall–Kier alpha value is -1.47. The Labute approximate surface area is 117 Å². The minimum absolute atomic E-state index is 0.0203. The Balaban J connectivity index is 2.08. The molecule has 7 heteroatoms. The van der Waals surface area contributed by atoms with Crippen LogP contribution in [0, 0.1) is 12.7 Å². The van der Waals surface area contributed by atoms with Gasteiger partial charge in [-0.1, -0.05) is 6.07 Å². The van der Waals surface area contributed by atoms with Crippen molar-refractivity contribution >= 4 is 11.3 Å². The molecule has 20 heavy (non-hydrogen) atoms. The zero-order valence-electron chi connectivity index (χ0n) is 10.6. The molecule has 0 bridgehead atoms. The van der Waals surface area contributed by atoms with Gasteiger partial charge in [0.25, 0.3) is 0 Å². The normalized spacial score (nSPS) is 11.8. The first-order valence-corrected chi connectivity index (χ1v) is 6.71. The fourth-order valence-electron chi connectivity index (χ4n) is 1.77. The molecule has 0 unspecified atom stereocenters. The van der Waals surface area contributed by atoms with Crippen molar-refractivity contribution in [1.29, 1.82) is 0 Å². The third kappa shape index (κ3) is 3.55. The van der Waals surface area contributed by atoms with Crippen molar-refractivity contribution in [3.63, 3.8) is 0 Å². The molecule has 0 aliphatic rings. The van der Waals surface area contributed by atoms with Crippen LogP contribution in [0.4, 0.5) is 17.6 Å². The maximum atomic E-state index is 12.9. The van der Waals surface area contributed by atoms with Gasteiger partial charge in [-0.2, -0.15) is 13.2 Å². The average Bonchev–Trinajstić information content (AvgIpc) is 2.76. The summed E-state index contributed by atoms with van der Waals surface area (Å²) in [6.45, 7) is 2.30. The lowest BCUT2D eigenvalue weighted by atomic mass is 10.1. The standard InChI is InChI=1S/C13H12F4N2S/c1-8-12(20-7-19-8)6-18-5-9-2-3-10(14)4-11(9)13(15,16)17/h2-4,7,18H,5-6H2,1H3. The largest absolute Gasteiger partial charge is 0.416 e. The van der Waals surface area contributed by atoms with Gasteiger partial charge in [-0.3, -0.25) is 0 Å². The smallest absolute Gasteiger partial charge is 0.308 e. The second kappa shape index (κ2) is 5.88. The van der Waals surface area contributed by atoms with Gasteiger partial charge in [0.05, 0.1) is 16.8 Å². The van der Waals surface area contributed by atoms with Crippen molar-refractivity contribution in [2.24, 2.45) is 0 Å². The highest BCUT2D eigenvalue weighted by Crippen LogP contribution is 2.32. The highest BCUT2D eigenvalue weighted by molar-refractivity contribution is 7.09. The van der Waals surface area contributed by atoms with Crippen LogP contribution >= 0.6 is 11.3 Å². The molecule has 0 atom stereocenters. The number of rotatable bonds is 4. The molecule has 108 valence electrons. The number of nitrogens with zero attached hydrogens (tertiary/aromatic N) is 1. The molecule has 2 rings (SSSR count). The zero-order chi connectivity index (χ0) is 14.8. The summed E-state index contributed by atoms with van der Waals surface area (Å²) in [4.78, 5) is 5.03. The average molecular weight is 304 g/mol. The van der Waals surface area contributed by atoms with Crippen LogP contribution in [0.5, 0.6) is 0 Å². The monoisotopic (exact) mass is 304 g/mol. The number of hydrogen-bond acceptors (Lipinski definition) is 3. The number of aromatic nitrogens is 1. The van der Waals surface area contributed by atoms with Crippen LogP contribution in [0.2, 0.25) is 0 Å². The van der Waals surface area contributed by atoms with Crippen molar-refractivity contribution in [2.45, 2.75) is 26.2 Å². The molecule has 1 aromatic heterocycles. The summed E-state index contributed by atoms with van der Waals surface area (Å²) < 4.78 is 51.3. The lowest BCUT2D eigenvalue weighted by molar-refractivity contribution is -0.138. The van der Waals surface area contributed by atoms with Gasteiger partial charge in [0, 0.05) is 18.0 Å². The Kier molecular flexibility index (Phi) is 4.39. The maximum Gasteiger partial charge on any atom is 0.416 e. The van der Waals surface area contributed by atoms with E-state index in [2.05, 4.69) is 10.3 Å². The van der Waals surface area contributed by atoms with E-state index in [9.17, 15) is 17.6 Å². The number of nitrogens with one attached hydrogen (secondary N) is 1. The van der Waals surface area contributed by atoms with Crippen molar-refractivity contribution < 1.29 is 17.6 Å². The molecule has 1 N–H and O–H groups in total. The van der Waals surface area contributed by atoms with Crippen LogP contribution in [0.15, 0.2) is 23.7 Å². The van der Waals surface area contributed by atoms with Crippen LogP contribution in [-0.2, 0) is 19.3 Å². The van der Waals surface area contributed by atoms with E-state index in [0.717, 1.165) is 22.7 Å². The van der Waals surface area contributed by atoms with Crippen LogP contribution < -0.4 is 5.32 Å². The molecule has 1 aromatic carbocycles. The fraction of sp³-hybridized carbons (Fsp3) is 0.308. The van der Waals surface area contributed by atoms with Crippen LogP contribution in [0.25, 0.3) is 0 Å². The first-order chi connectivity index (χ1) is 9.38. The van der Waals surface area contributed by atoms with Crippen molar-refractivity contribution in [1.82, 2.24) is 10.3 Å². The first-order valence-electron chi connectivity index (χ1n) is 5.83. The minimum Gasteiger partial charge on any atom is -0.308 e. The van der Waals surface area contributed by atoms with E-state index in [1.807, 2.05) is 6.92 Å². The lowest BCUT2D eigenvalue weighted by Crippen LogP contribution is -2.17. The Morgan fingerprint density at radius 1 is 1.25 bits per heavy atom. The van der Waals surface area contributed by atoms with E-state index in [1.165, 1.54) is 11.3 Å². The van der Waals surface area contributed by atoms with Crippen LogP contribution in [0.3, 0.4) is 0 Å². The van der Waals surface area contributed by atoms with Crippen molar-refractivity contribution in [3.8, 4) is 0 Å². The molecule has 2 aromatic rings. The molecule has 0 aliphatic carbocycles. The van der Waals surface area contributed by atoms with Crippen molar-refractivity contribution in [2.75, 3.05) is 0 Å². The molecule has 0 spiro atoms. The molecule has 0 saturated heterocycles. The first kappa shape index (κ1) is 14.9. The van der Waals surface area contributed by atoms with Gasteiger partial charge in [0.15, 0.2) is 0 Å². The third-order valence-electron chi connectivity index (χ3n) is 2.82. The lowest BCUT2D eigenvalue weighted by Gasteiger charge is -2.13. The number of alkyl halides is 3. The Bertz CT molecular complexity index is 592. The number of halogens is 4. The van der Waals surface area contributed by atoms with Gasteiger partial charge < -0.3 is 5.32 Å². The van der Waals surface area contributed by atoms with Gasteiger partial charge >= 0.3 is 6.18 Å². The van der Waals surface area contributed by atoms with Gasteiger partial charge in [0.2, 0.25) is 0 Å². The van der Waals surface area contributed by atoms with E-state index in [0.29, 0.717) is 12.6 Å². The minimum atomic E-state index is -4.56. The van der Waals surface area contributed by atoms with E-state index in [4.69, 9.17) is 0 Å². The van der Waals surface area contributed by atoms with E-state index in [-0.39, 0.29) is 12.1 Å². The second-order valence-electron chi connectivity index (χ2n) is 4.26. The second-order valence-corrected chi connectivity index (χ2v) is 5.20. The van der Waals surface area contributed by atoms with Crippen LogP contribution in [0.1, 0.15) is 21.7 Å². The molecular weight excluding hydrogens is 292 g/mol. The van der Waals surface area contributed by atoms with Crippen LogP contribution in [-0.4, -0.2) is 4.98 Å². The van der Waals surface area contributed by atoms with Gasteiger partial charge in [-0.25, -0.2) is 9.37 Å². The molecule has 0 aliphatic heterocycles. The number of benzene rings is 1. The predicted molar refractivity (Wildman–Crippen MR) is 68.8 cm³/mol. The highest BCUT2D eigenvalue weighted by atomic mass is 32.1. The topological polar surface area (TPSA) is 24.9 Å². The van der Waals surface area contributed by atoms with E-state index in [1.54, 1.807) is 5.51 Å². The molecule has 2 nitrogen and oxygen atoms in total. The highest BCUT2D eigenvalue weighted by Gasteiger charge is 2.33.